The van der Waals surface area contributed by atoms with Gasteiger partial charge in [-0.05, 0) is 99.2 Å². The summed E-state index contributed by atoms with van der Waals surface area (Å²) in [6.07, 6.45) is 2.34. The average Bonchev–Trinajstić information content (AvgIpc) is 3.24. The molecule has 2 heterocycles. The van der Waals surface area contributed by atoms with Crippen LogP contribution in [0.5, 0.6) is 0 Å². The van der Waals surface area contributed by atoms with Crippen LogP contribution in [0.3, 0.4) is 0 Å². The van der Waals surface area contributed by atoms with Crippen LogP contribution in [0.2, 0.25) is 0 Å². The monoisotopic (exact) mass is 624 g/mol. The molecular formula is C30H44N2O12. The first-order valence-electron chi connectivity index (χ1n) is 16.0. The number of aliphatic hydroxyl groups is 2. The minimum absolute atomic E-state index is 0.128. The second kappa shape index (κ2) is 11.4. The third-order valence-electron chi connectivity index (χ3n) is 12.6. The van der Waals surface area contributed by atoms with Gasteiger partial charge in [0, 0.05) is 6.42 Å². The van der Waals surface area contributed by atoms with E-state index >= 15 is 0 Å². The van der Waals surface area contributed by atoms with Gasteiger partial charge in [0.05, 0.1) is 24.4 Å². The Morgan fingerprint density at radius 2 is 1.64 bits per heavy atom. The number of carbonyl (C=O) groups excluding carboxylic acids is 1. The summed E-state index contributed by atoms with van der Waals surface area (Å²) in [6.45, 7) is 6.46. The largest absolute Gasteiger partial charge is 0.465 e. The van der Waals surface area contributed by atoms with Gasteiger partial charge in [0.25, 0.3) is 10.2 Å². The fourth-order valence-electron chi connectivity index (χ4n) is 10.3. The molecule has 4 aliphatic carbocycles. The second-order valence-electron chi connectivity index (χ2n) is 14.4. The molecule has 0 aromatic rings. The van der Waals surface area contributed by atoms with Crippen molar-refractivity contribution < 1.29 is 49.1 Å². The molecule has 5 fully saturated rings. The van der Waals surface area contributed by atoms with Crippen LogP contribution < -0.4 is 0 Å². The van der Waals surface area contributed by atoms with Crippen LogP contribution in [0.1, 0.15) is 85.0 Å². The van der Waals surface area contributed by atoms with Gasteiger partial charge < -0.3 is 34.1 Å². The highest BCUT2D eigenvalue weighted by molar-refractivity contribution is 5.70. The van der Waals surface area contributed by atoms with Gasteiger partial charge in [-0.1, -0.05) is 25.5 Å². The van der Waals surface area contributed by atoms with Gasteiger partial charge in [0.1, 0.15) is 6.10 Å². The molecule has 13 atom stereocenters. The Hall–Kier alpha value is -2.55. The van der Waals surface area contributed by atoms with E-state index in [0.29, 0.717) is 37.2 Å². The molecule has 0 radical (unpaired) electrons. The van der Waals surface area contributed by atoms with Crippen molar-refractivity contribution in [3.8, 4) is 0 Å². The summed E-state index contributed by atoms with van der Waals surface area (Å²) in [4.78, 5) is 43.0. The molecule has 2 N–H and O–H groups in total. The lowest BCUT2D eigenvalue weighted by Gasteiger charge is -2.62. The Labute approximate surface area is 255 Å². The van der Waals surface area contributed by atoms with E-state index in [1.807, 2.05) is 0 Å². The van der Waals surface area contributed by atoms with Gasteiger partial charge >= 0.3 is 5.97 Å². The molecule has 14 nitrogen and oxygen atoms in total. The van der Waals surface area contributed by atoms with Crippen LogP contribution in [0.25, 0.3) is 0 Å². The number of ether oxygens (including phenoxy) is 3. The van der Waals surface area contributed by atoms with Crippen molar-refractivity contribution in [1.29, 1.82) is 0 Å². The highest BCUT2D eigenvalue weighted by Gasteiger charge is 2.67. The van der Waals surface area contributed by atoms with E-state index in [2.05, 4.69) is 29.6 Å². The summed E-state index contributed by atoms with van der Waals surface area (Å²) >= 11 is 0. The number of cyclic esters (lactones) is 1. The van der Waals surface area contributed by atoms with Crippen LogP contribution in [0.4, 0.5) is 0 Å². The van der Waals surface area contributed by atoms with Crippen LogP contribution in [0.15, 0.2) is 11.6 Å². The minimum Gasteiger partial charge on any atom is -0.465 e. The van der Waals surface area contributed by atoms with Crippen molar-refractivity contribution >= 4 is 5.97 Å². The standard InChI is InChI=1S/C30H44N2O12/c1-16-25(43-31(36)37)24(34)26(44-32(38)39)27(41-16)42-19-8-11-28(2)18(14-19)5-6-22-21(28)9-12-29(3)20(10-13-30(22,29)35)17-4-7-23(33)40-15-17/h14,16-17,19-22,24-27,34-35H,4-13,15H2,1-3H3/t16-,17+,19-,20+,21-,22+,24+,25-,26+,27-,28-,29+,30-/m0/s1. The SMILES string of the molecule is C[C@@H]1O[C@@H](O[C@@H]2C=C3CC[C@@H]4[C@H](CC[C@]5(C)[C@@H]([C@@H]6CCC(=O)OC6)CC[C@]45O)[C@@]3(C)CC2)[C@H](O[N+](=O)[O-])[C@H](O)[C@H]1O[N+](=O)[O-]. The molecule has 0 amide bonds. The Bertz CT molecular complexity index is 1190. The lowest BCUT2D eigenvalue weighted by Crippen LogP contribution is -2.62. The predicted molar refractivity (Wildman–Crippen MR) is 149 cm³/mol. The average molecular weight is 625 g/mol. The Morgan fingerprint density at radius 1 is 0.932 bits per heavy atom. The maximum absolute atomic E-state index is 12.5. The smallest absolute Gasteiger partial charge is 0.305 e. The first-order valence-corrected chi connectivity index (χ1v) is 16.0. The fourth-order valence-corrected chi connectivity index (χ4v) is 10.3. The predicted octanol–water partition coefficient (Wildman–Crippen LogP) is 3.28. The van der Waals surface area contributed by atoms with E-state index in [-0.39, 0.29) is 22.7 Å². The van der Waals surface area contributed by atoms with Gasteiger partial charge in [-0.15, -0.1) is 20.2 Å². The lowest BCUT2D eigenvalue weighted by atomic mass is 9.44. The molecular weight excluding hydrogens is 580 g/mol. The number of aliphatic hydroxyl groups excluding tert-OH is 1. The van der Waals surface area contributed by atoms with Crippen LogP contribution in [-0.2, 0) is 28.7 Å². The van der Waals surface area contributed by atoms with E-state index < -0.39 is 52.6 Å². The van der Waals surface area contributed by atoms with Crippen LogP contribution in [0, 0.1) is 54.7 Å². The van der Waals surface area contributed by atoms with E-state index in [1.165, 1.54) is 12.5 Å². The molecule has 14 heteroatoms. The third kappa shape index (κ3) is 5.05. The first kappa shape index (κ1) is 31.4. The minimum atomic E-state index is -1.73. The van der Waals surface area contributed by atoms with Crippen molar-refractivity contribution in [3.05, 3.63) is 31.9 Å². The molecule has 0 aromatic heterocycles. The van der Waals surface area contributed by atoms with Crippen molar-refractivity contribution in [2.24, 2.45) is 34.5 Å². The summed E-state index contributed by atoms with van der Waals surface area (Å²) < 4.78 is 17.3. The van der Waals surface area contributed by atoms with Crippen molar-refractivity contribution in [2.45, 2.75) is 127 Å². The van der Waals surface area contributed by atoms with Crippen molar-refractivity contribution in [2.75, 3.05) is 6.61 Å². The number of carbonyl (C=O) groups is 1. The number of allylic oxidation sites excluding steroid dienone is 1. The number of rotatable bonds is 7. The molecule has 2 saturated heterocycles. The molecule has 6 rings (SSSR count). The highest BCUT2D eigenvalue weighted by atomic mass is 17.0. The van der Waals surface area contributed by atoms with Crippen LogP contribution in [-0.4, -0.2) is 75.4 Å². The van der Waals surface area contributed by atoms with Gasteiger partial charge in [0.15, 0.2) is 18.5 Å². The second-order valence-corrected chi connectivity index (χ2v) is 14.4. The van der Waals surface area contributed by atoms with E-state index in [1.54, 1.807) is 0 Å². The van der Waals surface area contributed by atoms with Gasteiger partial charge in [-0.2, -0.15) is 0 Å². The molecule has 6 aliphatic rings. The number of hydrogen-bond acceptors (Lipinski definition) is 12. The maximum Gasteiger partial charge on any atom is 0.305 e. The third-order valence-corrected chi connectivity index (χ3v) is 12.6. The highest BCUT2D eigenvalue weighted by Crippen LogP contribution is 2.69. The number of nitrogens with zero attached hydrogens (tertiary/aromatic N) is 2. The van der Waals surface area contributed by atoms with E-state index in [4.69, 9.17) is 14.2 Å². The van der Waals surface area contributed by atoms with E-state index in [9.17, 15) is 35.2 Å². The molecule has 44 heavy (non-hydrogen) atoms. The summed E-state index contributed by atoms with van der Waals surface area (Å²) in [5.41, 5.74) is 0.0994. The Balaban J connectivity index is 1.17. The van der Waals surface area contributed by atoms with Crippen LogP contribution >= 0.6 is 0 Å². The summed E-state index contributed by atoms with van der Waals surface area (Å²) in [6, 6.07) is 0. The maximum atomic E-state index is 12.5. The number of hydrogen-bond donors (Lipinski definition) is 2. The first-order chi connectivity index (χ1) is 20.8. The zero-order valence-corrected chi connectivity index (χ0v) is 25.5. The Morgan fingerprint density at radius 3 is 2.32 bits per heavy atom. The zero-order valence-electron chi connectivity index (χ0n) is 25.5. The lowest BCUT2D eigenvalue weighted by molar-refractivity contribution is -0.791. The summed E-state index contributed by atoms with van der Waals surface area (Å²) in [5, 5.41) is 43.2. The molecule has 2 aliphatic heterocycles. The summed E-state index contributed by atoms with van der Waals surface area (Å²) in [5.74, 6) is 0.942. The molecule has 3 saturated carbocycles. The zero-order chi connectivity index (χ0) is 31.6. The quantitative estimate of drug-likeness (QED) is 0.182. The normalized spacial score (nSPS) is 48.6. The topological polar surface area (TPSA) is 190 Å². The summed E-state index contributed by atoms with van der Waals surface area (Å²) in [7, 11) is 0. The van der Waals surface area contributed by atoms with Gasteiger partial charge in [-0.3, -0.25) is 4.79 Å². The number of esters is 1. The van der Waals surface area contributed by atoms with Gasteiger partial charge in [-0.25, -0.2) is 0 Å². The van der Waals surface area contributed by atoms with E-state index in [0.717, 1.165) is 51.4 Å². The molecule has 0 spiro atoms. The van der Waals surface area contributed by atoms with Crippen molar-refractivity contribution in [1.82, 2.24) is 0 Å². The fraction of sp³-hybridized carbons (Fsp3) is 0.900. The van der Waals surface area contributed by atoms with Gasteiger partial charge in [0.2, 0.25) is 0 Å². The molecule has 0 unspecified atom stereocenters. The molecule has 0 aromatic carbocycles. The Kier molecular flexibility index (Phi) is 8.11. The van der Waals surface area contributed by atoms with Crippen molar-refractivity contribution in [3.63, 3.8) is 0 Å². The molecule has 246 valence electrons. The number of fused-ring (bicyclic) bond motifs is 5. The molecule has 0 bridgehead atoms.